The fourth-order valence-corrected chi connectivity index (χ4v) is 2.50. The molecule has 1 aromatic carbocycles. The maximum atomic E-state index is 12.1. The summed E-state index contributed by atoms with van der Waals surface area (Å²) in [6.45, 7) is 0. The van der Waals surface area contributed by atoms with Crippen molar-refractivity contribution in [1.82, 2.24) is 4.98 Å². The number of nitrogens with zero attached hydrogens (tertiary/aromatic N) is 3. The molecule has 20 heavy (non-hydrogen) atoms. The van der Waals surface area contributed by atoms with Gasteiger partial charge in [0.1, 0.15) is 11.9 Å². The molecule has 0 unspecified atom stereocenters. The van der Waals surface area contributed by atoms with Crippen LogP contribution in [0.2, 0.25) is 0 Å². The van der Waals surface area contributed by atoms with E-state index in [4.69, 9.17) is 10.5 Å². The molecule has 2 aromatic rings. The summed E-state index contributed by atoms with van der Waals surface area (Å²) >= 11 is 0. The van der Waals surface area contributed by atoms with Crippen LogP contribution < -0.4 is 4.72 Å². The van der Waals surface area contributed by atoms with Gasteiger partial charge in [-0.3, -0.25) is 4.72 Å². The number of pyridine rings is 1. The Morgan fingerprint density at radius 1 is 1.05 bits per heavy atom. The zero-order valence-electron chi connectivity index (χ0n) is 10.1. The first-order chi connectivity index (χ1) is 9.55. The van der Waals surface area contributed by atoms with Gasteiger partial charge in [0, 0.05) is 6.20 Å². The van der Waals surface area contributed by atoms with E-state index in [0.29, 0.717) is 5.56 Å². The summed E-state index contributed by atoms with van der Waals surface area (Å²) < 4.78 is 26.5. The summed E-state index contributed by atoms with van der Waals surface area (Å²) in [5, 5.41) is 17.4. The highest BCUT2D eigenvalue weighted by atomic mass is 32.2. The van der Waals surface area contributed by atoms with Crippen LogP contribution in [0, 0.1) is 22.7 Å². The standard InChI is InChI=1S/C13H8N4O2S/c14-7-10-2-1-3-12(6-10)20(18,19)17-13-5-4-11(8-15)9-16-13/h1-6,9H,(H,16,17). The van der Waals surface area contributed by atoms with Crippen LogP contribution in [0.15, 0.2) is 47.5 Å². The number of aromatic nitrogens is 1. The summed E-state index contributed by atoms with van der Waals surface area (Å²) in [4.78, 5) is 3.80. The first kappa shape index (κ1) is 13.5. The highest BCUT2D eigenvalue weighted by Crippen LogP contribution is 2.15. The van der Waals surface area contributed by atoms with Crippen LogP contribution in [0.5, 0.6) is 0 Å². The quantitative estimate of drug-likeness (QED) is 0.921. The number of benzene rings is 1. The summed E-state index contributed by atoms with van der Waals surface area (Å²) in [6.07, 6.45) is 1.27. The number of hydrogen-bond donors (Lipinski definition) is 1. The fraction of sp³-hybridized carbons (Fsp3) is 0. The molecule has 0 atom stereocenters. The van der Waals surface area contributed by atoms with Gasteiger partial charge in [0.2, 0.25) is 0 Å². The van der Waals surface area contributed by atoms with Gasteiger partial charge in [0.25, 0.3) is 10.0 Å². The Kier molecular flexibility index (Phi) is 3.65. The third-order valence-electron chi connectivity index (χ3n) is 2.40. The molecule has 1 N–H and O–H groups in total. The topological polar surface area (TPSA) is 107 Å². The predicted molar refractivity (Wildman–Crippen MR) is 70.9 cm³/mol. The van der Waals surface area contributed by atoms with Crippen molar-refractivity contribution in [2.24, 2.45) is 0 Å². The van der Waals surface area contributed by atoms with E-state index in [1.807, 2.05) is 12.1 Å². The second-order valence-corrected chi connectivity index (χ2v) is 5.47. The average Bonchev–Trinajstić information content (AvgIpc) is 2.48. The molecule has 0 amide bonds. The van der Waals surface area contributed by atoms with Crippen molar-refractivity contribution < 1.29 is 8.42 Å². The smallest absolute Gasteiger partial charge is 0.263 e. The fourth-order valence-electron chi connectivity index (χ4n) is 1.45. The molecule has 1 heterocycles. The van der Waals surface area contributed by atoms with Crippen LogP contribution >= 0.6 is 0 Å². The molecule has 0 bridgehead atoms. The predicted octanol–water partition coefficient (Wildman–Crippen LogP) is 1.63. The molecule has 0 spiro atoms. The Bertz CT molecular complexity index is 815. The van der Waals surface area contributed by atoms with E-state index >= 15 is 0 Å². The summed E-state index contributed by atoms with van der Waals surface area (Å²) in [5.41, 5.74) is 0.583. The molecule has 0 saturated heterocycles. The van der Waals surface area contributed by atoms with E-state index in [1.54, 1.807) is 0 Å². The van der Waals surface area contributed by atoms with E-state index in [1.165, 1.54) is 42.6 Å². The number of anilines is 1. The Morgan fingerprint density at radius 3 is 2.40 bits per heavy atom. The van der Waals surface area contributed by atoms with Crippen LogP contribution in [0.1, 0.15) is 11.1 Å². The van der Waals surface area contributed by atoms with Gasteiger partial charge < -0.3 is 0 Å². The molecule has 1 aromatic heterocycles. The van der Waals surface area contributed by atoms with Crippen LogP contribution in [0.4, 0.5) is 5.82 Å². The van der Waals surface area contributed by atoms with Crippen molar-refractivity contribution in [3.05, 3.63) is 53.7 Å². The van der Waals surface area contributed by atoms with Crippen molar-refractivity contribution in [3.63, 3.8) is 0 Å². The lowest BCUT2D eigenvalue weighted by atomic mass is 10.2. The molecule has 6 nitrogen and oxygen atoms in total. The van der Waals surface area contributed by atoms with Crippen LogP contribution in [-0.4, -0.2) is 13.4 Å². The maximum absolute atomic E-state index is 12.1. The summed E-state index contributed by atoms with van der Waals surface area (Å²) in [7, 11) is -3.81. The number of nitrogens with one attached hydrogen (secondary N) is 1. The zero-order chi connectivity index (χ0) is 14.6. The van der Waals surface area contributed by atoms with Crippen molar-refractivity contribution in [2.75, 3.05) is 4.72 Å². The zero-order valence-corrected chi connectivity index (χ0v) is 10.9. The minimum absolute atomic E-state index is 0.0253. The minimum Gasteiger partial charge on any atom is -0.263 e. The average molecular weight is 284 g/mol. The number of nitriles is 2. The third kappa shape index (κ3) is 2.91. The van der Waals surface area contributed by atoms with E-state index in [9.17, 15) is 8.42 Å². The SMILES string of the molecule is N#Cc1ccc(NS(=O)(=O)c2cccc(C#N)c2)nc1. The first-order valence-electron chi connectivity index (χ1n) is 5.44. The molecule has 0 fully saturated rings. The van der Waals surface area contributed by atoms with Crippen molar-refractivity contribution in [3.8, 4) is 12.1 Å². The minimum atomic E-state index is -3.81. The lowest BCUT2D eigenvalue weighted by molar-refractivity contribution is 0.601. The molecule has 0 aliphatic carbocycles. The van der Waals surface area contributed by atoms with E-state index in [2.05, 4.69) is 9.71 Å². The van der Waals surface area contributed by atoms with Gasteiger partial charge in [-0.15, -0.1) is 0 Å². The molecule has 0 aliphatic heterocycles. The Morgan fingerprint density at radius 2 is 1.80 bits per heavy atom. The largest absolute Gasteiger partial charge is 0.263 e. The van der Waals surface area contributed by atoms with Gasteiger partial charge >= 0.3 is 0 Å². The highest BCUT2D eigenvalue weighted by Gasteiger charge is 2.15. The van der Waals surface area contributed by atoms with Gasteiger partial charge in [-0.2, -0.15) is 10.5 Å². The Hall–Kier alpha value is -2.90. The van der Waals surface area contributed by atoms with Gasteiger partial charge in [-0.1, -0.05) is 6.07 Å². The van der Waals surface area contributed by atoms with Crippen molar-refractivity contribution >= 4 is 15.8 Å². The van der Waals surface area contributed by atoms with Gasteiger partial charge in [0.05, 0.1) is 22.1 Å². The summed E-state index contributed by atoms with van der Waals surface area (Å²) in [6, 6.07) is 12.3. The second-order valence-electron chi connectivity index (χ2n) is 3.79. The summed E-state index contributed by atoms with van der Waals surface area (Å²) in [5.74, 6) is 0.103. The normalized spacial score (nSPS) is 10.3. The lowest BCUT2D eigenvalue weighted by Gasteiger charge is -2.07. The molecule has 0 radical (unpaired) electrons. The lowest BCUT2D eigenvalue weighted by Crippen LogP contribution is -2.14. The molecule has 2 rings (SSSR count). The molecule has 98 valence electrons. The van der Waals surface area contributed by atoms with Crippen LogP contribution in [0.3, 0.4) is 0 Å². The van der Waals surface area contributed by atoms with E-state index in [0.717, 1.165) is 0 Å². The van der Waals surface area contributed by atoms with Crippen molar-refractivity contribution in [2.45, 2.75) is 4.90 Å². The monoisotopic (exact) mass is 284 g/mol. The van der Waals surface area contributed by atoms with Crippen LogP contribution in [-0.2, 0) is 10.0 Å². The van der Waals surface area contributed by atoms with E-state index in [-0.39, 0.29) is 16.3 Å². The van der Waals surface area contributed by atoms with Gasteiger partial charge in [0.15, 0.2) is 0 Å². The van der Waals surface area contributed by atoms with Crippen LogP contribution in [0.25, 0.3) is 0 Å². The van der Waals surface area contributed by atoms with Gasteiger partial charge in [-0.25, -0.2) is 13.4 Å². The second kappa shape index (κ2) is 5.39. The molecular weight excluding hydrogens is 276 g/mol. The molecule has 0 saturated carbocycles. The Balaban J connectivity index is 2.31. The van der Waals surface area contributed by atoms with Gasteiger partial charge in [-0.05, 0) is 30.3 Å². The number of rotatable bonds is 3. The molecule has 7 heteroatoms. The third-order valence-corrected chi connectivity index (χ3v) is 3.76. The maximum Gasteiger partial charge on any atom is 0.263 e. The van der Waals surface area contributed by atoms with E-state index < -0.39 is 10.0 Å². The molecular formula is C13H8N4O2S. The molecule has 0 aliphatic rings. The number of sulfonamides is 1. The highest BCUT2D eigenvalue weighted by molar-refractivity contribution is 7.92. The number of hydrogen-bond acceptors (Lipinski definition) is 5. The Labute approximate surface area is 116 Å². The first-order valence-corrected chi connectivity index (χ1v) is 6.92. The van der Waals surface area contributed by atoms with Crippen molar-refractivity contribution in [1.29, 1.82) is 10.5 Å².